The predicted molar refractivity (Wildman–Crippen MR) is 200 cm³/mol. The zero-order valence-electron chi connectivity index (χ0n) is 26.1. The van der Waals surface area contributed by atoms with E-state index in [4.69, 9.17) is 15.0 Å². The van der Waals surface area contributed by atoms with E-state index in [9.17, 15) is 0 Å². The summed E-state index contributed by atoms with van der Waals surface area (Å²) in [5.74, 6) is 1.95. The highest BCUT2D eigenvalue weighted by molar-refractivity contribution is 6.09. The lowest BCUT2D eigenvalue weighted by Crippen LogP contribution is -2.01. The molecule has 3 heteroatoms. The Morgan fingerprint density at radius 2 is 0.708 bits per heavy atom. The van der Waals surface area contributed by atoms with E-state index >= 15 is 0 Å². The monoisotopic (exact) mass is 611 g/mol. The summed E-state index contributed by atoms with van der Waals surface area (Å²) in [7, 11) is 0. The van der Waals surface area contributed by atoms with Gasteiger partial charge in [-0.3, -0.25) is 0 Å². The summed E-state index contributed by atoms with van der Waals surface area (Å²) >= 11 is 0. The molecular weight excluding hydrogens is 583 g/mol. The van der Waals surface area contributed by atoms with E-state index in [-0.39, 0.29) is 0 Å². The van der Waals surface area contributed by atoms with Crippen molar-refractivity contribution in [3.63, 3.8) is 0 Å². The van der Waals surface area contributed by atoms with Crippen LogP contribution >= 0.6 is 0 Å². The summed E-state index contributed by atoms with van der Waals surface area (Å²) in [6, 6.07) is 61.7. The number of aromatic nitrogens is 3. The molecule has 0 radical (unpaired) electrons. The molecule has 224 valence electrons. The van der Waals surface area contributed by atoms with Crippen LogP contribution in [0, 0.1) is 0 Å². The van der Waals surface area contributed by atoms with Crippen molar-refractivity contribution in [2.24, 2.45) is 0 Å². The lowest BCUT2D eigenvalue weighted by atomic mass is 9.92. The molecule has 0 atom stereocenters. The first-order valence-electron chi connectivity index (χ1n) is 16.2. The molecule has 0 saturated carbocycles. The van der Waals surface area contributed by atoms with Crippen molar-refractivity contribution >= 4 is 32.3 Å². The van der Waals surface area contributed by atoms with Gasteiger partial charge < -0.3 is 0 Å². The highest BCUT2D eigenvalue weighted by atomic mass is 15.0. The molecule has 0 amide bonds. The van der Waals surface area contributed by atoms with Crippen LogP contribution in [-0.2, 0) is 0 Å². The molecule has 0 aliphatic carbocycles. The molecule has 9 rings (SSSR count). The van der Waals surface area contributed by atoms with E-state index < -0.39 is 0 Å². The van der Waals surface area contributed by atoms with Crippen molar-refractivity contribution in [1.29, 1.82) is 0 Å². The van der Waals surface area contributed by atoms with Crippen LogP contribution in [0.15, 0.2) is 176 Å². The smallest absolute Gasteiger partial charge is 0.164 e. The van der Waals surface area contributed by atoms with Gasteiger partial charge in [-0.05, 0) is 60.6 Å². The Balaban J connectivity index is 1.25. The van der Waals surface area contributed by atoms with Crippen LogP contribution in [0.1, 0.15) is 0 Å². The van der Waals surface area contributed by atoms with Crippen molar-refractivity contribution in [3.8, 4) is 56.4 Å². The highest BCUT2D eigenvalue weighted by Crippen LogP contribution is 2.38. The SMILES string of the molecule is c1ccc(-c2ccc3c(-c4nc(-c5ccccc5)nc(-c5cccc6c(-c7cccc8ccccc78)cccc56)n4)cccc3c2)cc1. The van der Waals surface area contributed by atoms with E-state index in [0.717, 1.165) is 38.2 Å². The topological polar surface area (TPSA) is 38.7 Å². The van der Waals surface area contributed by atoms with Crippen molar-refractivity contribution in [1.82, 2.24) is 15.0 Å². The van der Waals surface area contributed by atoms with Crippen LogP contribution in [0.25, 0.3) is 88.7 Å². The maximum Gasteiger partial charge on any atom is 0.164 e. The Bertz CT molecular complexity index is 2600. The fourth-order valence-electron chi connectivity index (χ4n) is 6.82. The van der Waals surface area contributed by atoms with Gasteiger partial charge in [0.25, 0.3) is 0 Å². The van der Waals surface area contributed by atoms with Crippen molar-refractivity contribution < 1.29 is 0 Å². The molecule has 48 heavy (non-hydrogen) atoms. The molecule has 0 saturated heterocycles. The minimum atomic E-state index is 0.649. The highest BCUT2D eigenvalue weighted by Gasteiger charge is 2.17. The number of hydrogen-bond acceptors (Lipinski definition) is 3. The number of nitrogens with zero attached hydrogens (tertiary/aromatic N) is 3. The van der Waals surface area contributed by atoms with Gasteiger partial charge in [-0.15, -0.1) is 0 Å². The van der Waals surface area contributed by atoms with Crippen LogP contribution in [0.5, 0.6) is 0 Å². The van der Waals surface area contributed by atoms with E-state index in [0.29, 0.717) is 17.5 Å². The van der Waals surface area contributed by atoms with E-state index in [1.807, 2.05) is 24.3 Å². The molecule has 3 nitrogen and oxygen atoms in total. The first-order valence-corrected chi connectivity index (χ1v) is 16.2. The quantitative estimate of drug-likeness (QED) is 0.194. The Hall–Kier alpha value is -6.45. The summed E-state index contributed by atoms with van der Waals surface area (Å²) in [6.45, 7) is 0. The first kappa shape index (κ1) is 27.8. The molecule has 8 aromatic carbocycles. The van der Waals surface area contributed by atoms with Crippen LogP contribution in [0.3, 0.4) is 0 Å². The number of fused-ring (bicyclic) bond motifs is 3. The van der Waals surface area contributed by atoms with Gasteiger partial charge >= 0.3 is 0 Å². The van der Waals surface area contributed by atoms with E-state index in [1.165, 1.54) is 33.0 Å². The second kappa shape index (κ2) is 11.7. The minimum Gasteiger partial charge on any atom is -0.208 e. The summed E-state index contributed by atoms with van der Waals surface area (Å²) in [4.78, 5) is 15.4. The molecule has 1 aromatic heterocycles. The standard InChI is InChI=1S/C45H29N3/c1-3-13-30(14-4-1)33-27-28-36-34(29-33)19-10-25-41(36)44-46-43(32-16-5-2-6-17-32)47-45(48-44)42-26-12-23-39-38(22-11-24-40(39)42)37-21-9-18-31-15-7-8-20-35(31)37/h1-29H. The van der Waals surface area contributed by atoms with Gasteiger partial charge in [0.1, 0.15) is 0 Å². The number of rotatable bonds is 5. The Labute approximate surface area is 278 Å². The van der Waals surface area contributed by atoms with Gasteiger partial charge in [0, 0.05) is 16.7 Å². The lowest BCUT2D eigenvalue weighted by Gasteiger charge is -2.14. The second-order valence-corrected chi connectivity index (χ2v) is 12.0. The van der Waals surface area contributed by atoms with Gasteiger partial charge in [0.05, 0.1) is 0 Å². The van der Waals surface area contributed by atoms with Gasteiger partial charge in [-0.1, -0.05) is 170 Å². The summed E-state index contributed by atoms with van der Waals surface area (Å²) < 4.78 is 0. The Kier molecular flexibility index (Phi) is 6.80. The molecule has 0 bridgehead atoms. The molecule has 0 unspecified atom stereocenters. The molecule has 0 fully saturated rings. The Morgan fingerprint density at radius 3 is 1.44 bits per heavy atom. The number of hydrogen-bond donors (Lipinski definition) is 0. The fraction of sp³-hybridized carbons (Fsp3) is 0. The van der Waals surface area contributed by atoms with Crippen molar-refractivity contribution in [2.45, 2.75) is 0 Å². The van der Waals surface area contributed by atoms with Crippen LogP contribution in [0.4, 0.5) is 0 Å². The first-order chi connectivity index (χ1) is 23.8. The van der Waals surface area contributed by atoms with E-state index in [1.54, 1.807) is 0 Å². The minimum absolute atomic E-state index is 0.649. The number of benzene rings is 8. The van der Waals surface area contributed by atoms with Crippen LogP contribution < -0.4 is 0 Å². The van der Waals surface area contributed by atoms with Crippen LogP contribution in [-0.4, -0.2) is 15.0 Å². The van der Waals surface area contributed by atoms with Crippen molar-refractivity contribution in [2.75, 3.05) is 0 Å². The summed E-state index contributed by atoms with van der Waals surface area (Å²) in [6.07, 6.45) is 0. The summed E-state index contributed by atoms with van der Waals surface area (Å²) in [5, 5.41) is 6.96. The average Bonchev–Trinajstić information content (AvgIpc) is 3.17. The largest absolute Gasteiger partial charge is 0.208 e. The normalized spacial score (nSPS) is 11.3. The maximum atomic E-state index is 5.21. The predicted octanol–water partition coefficient (Wildman–Crippen LogP) is 11.7. The average molecular weight is 612 g/mol. The third kappa shape index (κ3) is 4.90. The van der Waals surface area contributed by atoms with Crippen molar-refractivity contribution in [3.05, 3.63) is 176 Å². The second-order valence-electron chi connectivity index (χ2n) is 12.0. The van der Waals surface area contributed by atoms with Gasteiger partial charge in [-0.2, -0.15) is 0 Å². The molecule has 1 heterocycles. The van der Waals surface area contributed by atoms with Gasteiger partial charge in [0.2, 0.25) is 0 Å². The van der Waals surface area contributed by atoms with Gasteiger partial charge in [0.15, 0.2) is 17.5 Å². The molecule has 9 aromatic rings. The zero-order valence-corrected chi connectivity index (χ0v) is 26.1. The third-order valence-corrected chi connectivity index (χ3v) is 9.14. The third-order valence-electron chi connectivity index (χ3n) is 9.14. The van der Waals surface area contributed by atoms with Gasteiger partial charge in [-0.25, -0.2) is 15.0 Å². The fourth-order valence-corrected chi connectivity index (χ4v) is 6.82. The molecule has 0 N–H and O–H groups in total. The molecular formula is C45H29N3. The molecule has 0 spiro atoms. The maximum absolute atomic E-state index is 5.21. The lowest BCUT2D eigenvalue weighted by molar-refractivity contribution is 1.08. The molecule has 0 aliphatic heterocycles. The molecule has 0 aliphatic rings. The zero-order chi connectivity index (χ0) is 31.9. The van der Waals surface area contributed by atoms with E-state index in [2.05, 4.69) is 152 Å². The Morgan fingerprint density at radius 1 is 0.250 bits per heavy atom. The van der Waals surface area contributed by atoms with Crippen LogP contribution in [0.2, 0.25) is 0 Å². The summed E-state index contributed by atoms with van der Waals surface area (Å²) in [5.41, 5.74) is 7.67.